The van der Waals surface area contributed by atoms with E-state index in [1.54, 1.807) is 18.0 Å². The Morgan fingerprint density at radius 3 is 2.50 bits per heavy atom. The first-order chi connectivity index (χ1) is 9.40. The van der Waals surface area contributed by atoms with Crippen LogP contribution in [0.1, 0.15) is 53.0 Å². The molecule has 6 heteroatoms. The first-order valence-corrected chi connectivity index (χ1v) is 6.54. The van der Waals surface area contributed by atoms with Crippen LogP contribution < -0.4 is 0 Å². The van der Waals surface area contributed by atoms with Gasteiger partial charge in [0.05, 0.1) is 12.2 Å². The fourth-order valence-corrected chi connectivity index (χ4v) is 1.89. The maximum atomic E-state index is 12.3. The van der Waals surface area contributed by atoms with Gasteiger partial charge >= 0.3 is 0 Å². The van der Waals surface area contributed by atoms with Crippen molar-refractivity contribution < 1.29 is 13.8 Å². The molecule has 0 unspecified atom stereocenters. The Kier molecular flexibility index (Phi) is 3.92. The summed E-state index contributed by atoms with van der Waals surface area (Å²) in [7, 11) is 1.72. The summed E-state index contributed by atoms with van der Waals surface area (Å²) in [5, 5.41) is 7.71. The number of carbonyl (C=O) groups is 1. The highest BCUT2D eigenvalue weighted by Crippen LogP contribution is 2.18. The van der Waals surface area contributed by atoms with Gasteiger partial charge in [0.15, 0.2) is 5.69 Å². The van der Waals surface area contributed by atoms with E-state index in [4.69, 9.17) is 9.05 Å². The fourth-order valence-electron chi connectivity index (χ4n) is 1.89. The summed E-state index contributed by atoms with van der Waals surface area (Å²) in [6.45, 7) is 8.10. The molecule has 0 saturated carbocycles. The van der Waals surface area contributed by atoms with Gasteiger partial charge in [-0.05, 0) is 13.8 Å². The fraction of sp³-hybridized carbons (Fsp3) is 0.500. The SMILES string of the molecule is Cc1noc(C)c1CN(C)C(=O)c1cc(C(C)C)on1. The van der Waals surface area contributed by atoms with Crippen LogP contribution >= 0.6 is 0 Å². The van der Waals surface area contributed by atoms with Gasteiger partial charge in [0, 0.05) is 24.6 Å². The number of hydrogen-bond donors (Lipinski definition) is 0. The molecule has 0 aromatic carbocycles. The molecule has 6 nitrogen and oxygen atoms in total. The predicted molar refractivity (Wildman–Crippen MR) is 72.4 cm³/mol. The molecule has 108 valence electrons. The van der Waals surface area contributed by atoms with Gasteiger partial charge in [-0.3, -0.25) is 4.79 Å². The van der Waals surface area contributed by atoms with Crippen LogP contribution in [0.3, 0.4) is 0 Å². The van der Waals surface area contributed by atoms with Crippen molar-refractivity contribution in [3.63, 3.8) is 0 Å². The average Bonchev–Trinajstić information content (AvgIpc) is 3.00. The van der Waals surface area contributed by atoms with E-state index in [2.05, 4.69) is 10.3 Å². The Hall–Kier alpha value is -2.11. The van der Waals surface area contributed by atoms with Gasteiger partial charge in [-0.2, -0.15) is 0 Å². The molecule has 0 aliphatic carbocycles. The van der Waals surface area contributed by atoms with Gasteiger partial charge in [0.2, 0.25) is 0 Å². The lowest BCUT2D eigenvalue weighted by molar-refractivity contribution is 0.0774. The maximum absolute atomic E-state index is 12.3. The Balaban J connectivity index is 2.12. The molecule has 0 spiro atoms. The lowest BCUT2D eigenvalue weighted by atomic mass is 10.1. The summed E-state index contributed by atoms with van der Waals surface area (Å²) in [5.41, 5.74) is 2.04. The monoisotopic (exact) mass is 277 g/mol. The van der Waals surface area contributed by atoms with E-state index in [0.29, 0.717) is 18.0 Å². The second-order valence-electron chi connectivity index (χ2n) is 5.23. The molecule has 2 aromatic heterocycles. The van der Waals surface area contributed by atoms with Crippen molar-refractivity contribution in [2.24, 2.45) is 0 Å². The zero-order valence-electron chi connectivity index (χ0n) is 12.4. The van der Waals surface area contributed by atoms with Crippen molar-refractivity contribution in [1.29, 1.82) is 0 Å². The third kappa shape index (κ3) is 2.74. The van der Waals surface area contributed by atoms with Crippen molar-refractivity contribution in [3.8, 4) is 0 Å². The highest BCUT2D eigenvalue weighted by Gasteiger charge is 2.20. The second kappa shape index (κ2) is 5.48. The third-order valence-electron chi connectivity index (χ3n) is 3.24. The molecule has 0 aliphatic heterocycles. The predicted octanol–water partition coefficient (Wildman–Crippen LogP) is 2.68. The molecule has 2 rings (SSSR count). The van der Waals surface area contributed by atoms with E-state index in [9.17, 15) is 4.79 Å². The molecule has 2 heterocycles. The number of rotatable bonds is 4. The Morgan fingerprint density at radius 1 is 1.30 bits per heavy atom. The molecule has 0 radical (unpaired) electrons. The van der Waals surface area contributed by atoms with Crippen LogP contribution in [0.5, 0.6) is 0 Å². The van der Waals surface area contributed by atoms with Crippen molar-refractivity contribution in [1.82, 2.24) is 15.2 Å². The van der Waals surface area contributed by atoms with Crippen LogP contribution in [-0.4, -0.2) is 28.2 Å². The lowest BCUT2D eigenvalue weighted by Gasteiger charge is -2.15. The van der Waals surface area contributed by atoms with Crippen LogP contribution in [0, 0.1) is 13.8 Å². The second-order valence-corrected chi connectivity index (χ2v) is 5.23. The molecular weight excluding hydrogens is 258 g/mol. The topological polar surface area (TPSA) is 72.4 Å². The van der Waals surface area contributed by atoms with Gasteiger partial charge in [0.25, 0.3) is 5.91 Å². The summed E-state index contributed by atoms with van der Waals surface area (Å²) in [4.78, 5) is 13.9. The van der Waals surface area contributed by atoms with Gasteiger partial charge in [-0.25, -0.2) is 0 Å². The zero-order chi connectivity index (χ0) is 14.9. The summed E-state index contributed by atoms with van der Waals surface area (Å²) in [6.07, 6.45) is 0. The van der Waals surface area contributed by atoms with Crippen molar-refractivity contribution in [3.05, 3.63) is 34.5 Å². The summed E-state index contributed by atoms with van der Waals surface area (Å²) < 4.78 is 10.2. The minimum atomic E-state index is -0.180. The third-order valence-corrected chi connectivity index (χ3v) is 3.24. The normalized spacial score (nSPS) is 11.1. The van der Waals surface area contributed by atoms with Crippen LogP contribution in [0.15, 0.2) is 15.1 Å². The van der Waals surface area contributed by atoms with Crippen LogP contribution in [-0.2, 0) is 6.54 Å². The minimum absolute atomic E-state index is 0.180. The van der Waals surface area contributed by atoms with E-state index >= 15 is 0 Å². The number of aromatic nitrogens is 2. The smallest absolute Gasteiger partial charge is 0.276 e. The largest absolute Gasteiger partial charge is 0.361 e. The zero-order valence-corrected chi connectivity index (χ0v) is 12.4. The molecule has 0 aliphatic rings. The first kappa shape index (κ1) is 14.3. The average molecular weight is 277 g/mol. The Labute approximate surface area is 117 Å². The summed E-state index contributed by atoms with van der Waals surface area (Å²) in [6, 6.07) is 1.69. The molecule has 20 heavy (non-hydrogen) atoms. The van der Waals surface area contributed by atoms with E-state index in [1.807, 2.05) is 27.7 Å². The maximum Gasteiger partial charge on any atom is 0.276 e. The molecule has 0 fully saturated rings. The molecule has 0 bridgehead atoms. The quantitative estimate of drug-likeness (QED) is 0.859. The van der Waals surface area contributed by atoms with Crippen LogP contribution in [0.25, 0.3) is 0 Å². The highest BCUT2D eigenvalue weighted by atomic mass is 16.5. The molecule has 0 atom stereocenters. The number of carbonyl (C=O) groups excluding carboxylic acids is 1. The molecule has 2 aromatic rings. The van der Waals surface area contributed by atoms with E-state index < -0.39 is 0 Å². The lowest BCUT2D eigenvalue weighted by Crippen LogP contribution is -2.26. The van der Waals surface area contributed by atoms with E-state index in [0.717, 1.165) is 17.0 Å². The molecule has 1 amide bonds. The minimum Gasteiger partial charge on any atom is -0.361 e. The number of aryl methyl sites for hydroxylation is 2. The van der Waals surface area contributed by atoms with Gasteiger partial charge < -0.3 is 13.9 Å². The van der Waals surface area contributed by atoms with Crippen molar-refractivity contribution in [2.75, 3.05) is 7.05 Å². The number of nitrogens with zero attached hydrogens (tertiary/aromatic N) is 3. The summed E-state index contributed by atoms with van der Waals surface area (Å²) in [5.74, 6) is 1.46. The standard InChI is InChI=1S/C14H19N3O3/c1-8(2)13-6-12(16-20-13)14(18)17(5)7-11-9(3)15-19-10(11)4/h6,8H,7H2,1-5H3. The molecular formula is C14H19N3O3. The summed E-state index contributed by atoms with van der Waals surface area (Å²) >= 11 is 0. The van der Waals surface area contributed by atoms with Gasteiger partial charge in [0.1, 0.15) is 11.5 Å². The molecule has 0 saturated heterocycles. The number of amides is 1. The van der Waals surface area contributed by atoms with Gasteiger partial charge in [-0.15, -0.1) is 0 Å². The van der Waals surface area contributed by atoms with E-state index in [1.165, 1.54) is 0 Å². The first-order valence-electron chi connectivity index (χ1n) is 6.54. The highest BCUT2D eigenvalue weighted by molar-refractivity contribution is 5.92. The molecule has 0 N–H and O–H groups in total. The van der Waals surface area contributed by atoms with Crippen LogP contribution in [0.4, 0.5) is 0 Å². The van der Waals surface area contributed by atoms with Crippen molar-refractivity contribution >= 4 is 5.91 Å². The van der Waals surface area contributed by atoms with Gasteiger partial charge in [-0.1, -0.05) is 24.2 Å². The number of hydrogen-bond acceptors (Lipinski definition) is 5. The van der Waals surface area contributed by atoms with E-state index in [-0.39, 0.29) is 11.8 Å². The van der Waals surface area contributed by atoms with Crippen LogP contribution in [0.2, 0.25) is 0 Å². The van der Waals surface area contributed by atoms with Crippen molar-refractivity contribution in [2.45, 2.75) is 40.2 Å². The Bertz CT molecular complexity index is 593. The Morgan fingerprint density at radius 2 is 2.00 bits per heavy atom.